The Morgan fingerprint density at radius 3 is 2.47 bits per heavy atom. The molecule has 6 heteroatoms. The molecule has 17 heavy (non-hydrogen) atoms. The molecule has 0 fully saturated rings. The summed E-state index contributed by atoms with van der Waals surface area (Å²) in [6.07, 6.45) is -1.01. The molecule has 1 unspecified atom stereocenters. The molecule has 0 saturated heterocycles. The van der Waals surface area contributed by atoms with Crippen LogP contribution < -0.4 is 4.74 Å². The molecule has 0 radical (unpaired) electrons. The molecule has 0 aliphatic heterocycles. The summed E-state index contributed by atoms with van der Waals surface area (Å²) in [7, 11) is 0.914. The average molecular weight is 260 g/mol. The highest BCUT2D eigenvalue weighted by molar-refractivity contribution is 7.53. The first kappa shape index (κ1) is 14.2. The van der Waals surface area contributed by atoms with Crippen molar-refractivity contribution >= 4 is 7.60 Å². The highest BCUT2D eigenvalue weighted by Crippen LogP contribution is 2.49. The third-order valence-corrected chi connectivity index (χ3v) is 4.34. The van der Waals surface area contributed by atoms with Crippen molar-refractivity contribution in [3.05, 3.63) is 29.8 Å². The maximum absolute atomic E-state index is 11.9. The fourth-order valence-corrected chi connectivity index (χ4v) is 2.47. The van der Waals surface area contributed by atoms with Crippen molar-refractivity contribution in [1.29, 1.82) is 0 Å². The van der Waals surface area contributed by atoms with E-state index in [1.165, 1.54) is 14.2 Å². The van der Waals surface area contributed by atoms with Gasteiger partial charge in [-0.25, -0.2) is 0 Å². The van der Waals surface area contributed by atoms with Crippen molar-refractivity contribution in [2.75, 3.05) is 27.5 Å². The lowest BCUT2D eigenvalue weighted by atomic mass is 10.1. The first-order chi connectivity index (χ1) is 8.04. The third-order valence-electron chi connectivity index (χ3n) is 2.43. The molecule has 0 aliphatic carbocycles. The zero-order valence-corrected chi connectivity index (χ0v) is 11.0. The van der Waals surface area contributed by atoms with E-state index in [0.717, 1.165) is 0 Å². The Morgan fingerprint density at radius 1 is 1.29 bits per heavy atom. The van der Waals surface area contributed by atoms with Gasteiger partial charge in [-0.3, -0.25) is 4.57 Å². The molecule has 1 aromatic carbocycles. The molecular weight excluding hydrogens is 243 g/mol. The molecule has 1 aromatic rings. The maximum atomic E-state index is 11.9. The van der Waals surface area contributed by atoms with E-state index >= 15 is 0 Å². The summed E-state index contributed by atoms with van der Waals surface area (Å²) < 4.78 is 26.5. The van der Waals surface area contributed by atoms with Crippen molar-refractivity contribution in [2.45, 2.75) is 6.10 Å². The van der Waals surface area contributed by atoms with E-state index < -0.39 is 13.7 Å². The second-order valence-electron chi connectivity index (χ2n) is 3.45. The molecule has 1 atom stereocenters. The number of aliphatic hydroxyl groups is 1. The van der Waals surface area contributed by atoms with Gasteiger partial charge in [0, 0.05) is 14.2 Å². The van der Waals surface area contributed by atoms with Crippen molar-refractivity contribution in [2.24, 2.45) is 0 Å². The van der Waals surface area contributed by atoms with E-state index in [-0.39, 0.29) is 6.16 Å². The number of hydrogen-bond donors (Lipinski definition) is 1. The van der Waals surface area contributed by atoms with Gasteiger partial charge in [0.25, 0.3) is 0 Å². The molecule has 0 spiro atoms. The van der Waals surface area contributed by atoms with Crippen molar-refractivity contribution in [3.63, 3.8) is 0 Å². The SMILES string of the molecule is COc1cccc(C(O)CP(=O)(OC)OC)c1. The number of methoxy groups -OCH3 is 1. The van der Waals surface area contributed by atoms with Crippen LogP contribution in [0.2, 0.25) is 0 Å². The van der Waals surface area contributed by atoms with Crippen LogP contribution in [0.1, 0.15) is 11.7 Å². The summed E-state index contributed by atoms with van der Waals surface area (Å²) in [5, 5.41) is 9.95. The molecule has 0 aromatic heterocycles. The minimum Gasteiger partial charge on any atom is -0.497 e. The van der Waals surface area contributed by atoms with Crippen molar-refractivity contribution < 1.29 is 23.5 Å². The summed E-state index contributed by atoms with van der Waals surface area (Å²) in [4.78, 5) is 0. The van der Waals surface area contributed by atoms with Gasteiger partial charge in [0.15, 0.2) is 0 Å². The van der Waals surface area contributed by atoms with Gasteiger partial charge in [0.05, 0.1) is 19.4 Å². The van der Waals surface area contributed by atoms with Gasteiger partial charge in [-0.2, -0.15) is 0 Å². The summed E-state index contributed by atoms with van der Waals surface area (Å²) in [5.74, 6) is 0.631. The minimum absolute atomic E-state index is 0.0901. The zero-order chi connectivity index (χ0) is 12.9. The largest absolute Gasteiger partial charge is 0.497 e. The molecule has 1 N–H and O–H groups in total. The second kappa shape index (κ2) is 6.17. The van der Waals surface area contributed by atoms with Gasteiger partial charge in [-0.15, -0.1) is 0 Å². The second-order valence-corrected chi connectivity index (χ2v) is 5.77. The molecular formula is C11H17O5P. The van der Waals surface area contributed by atoms with E-state index in [0.29, 0.717) is 11.3 Å². The molecule has 5 nitrogen and oxygen atoms in total. The Balaban J connectivity index is 2.82. The van der Waals surface area contributed by atoms with E-state index in [1.54, 1.807) is 31.4 Å². The van der Waals surface area contributed by atoms with E-state index in [4.69, 9.17) is 13.8 Å². The van der Waals surface area contributed by atoms with Gasteiger partial charge in [-0.1, -0.05) is 12.1 Å². The molecule has 0 heterocycles. The van der Waals surface area contributed by atoms with Gasteiger partial charge in [0.2, 0.25) is 0 Å². The Bertz CT molecular complexity index is 399. The quantitative estimate of drug-likeness (QED) is 0.794. The van der Waals surface area contributed by atoms with E-state index in [1.807, 2.05) is 0 Å². The highest BCUT2D eigenvalue weighted by atomic mass is 31.2. The highest BCUT2D eigenvalue weighted by Gasteiger charge is 2.26. The Labute approximate surface area is 101 Å². The van der Waals surface area contributed by atoms with Crippen LogP contribution in [0.5, 0.6) is 5.75 Å². The Kier molecular flexibility index (Phi) is 5.15. The van der Waals surface area contributed by atoms with Crippen molar-refractivity contribution in [1.82, 2.24) is 0 Å². The minimum atomic E-state index is -3.22. The predicted molar refractivity (Wildman–Crippen MR) is 64.4 cm³/mol. The smallest absolute Gasteiger partial charge is 0.333 e. The van der Waals surface area contributed by atoms with E-state index in [2.05, 4.69) is 0 Å². The van der Waals surface area contributed by atoms with Gasteiger partial charge >= 0.3 is 7.60 Å². The normalized spacial score (nSPS) is 13.4. The van der Waals surface area contributed by atoms with Crippen LogP contribution in [0.25, 0.3) is 0 Å². The van der Waals surface area contributed by atoms with Crippen molar-refractivity contribution in [3.8, 4) is 5.75 Å². The fourth-order valence-electron chi connectivity index (χ4n) is 1.39. The number of ether oxygens (including phenoxy) is 1. The number of rotatable bonds is 6. The topological polar surface area (TPSA) is 65.0 Å². The average Bonchev–Trinajstić information content (AvgIpc) is 2.38. The lowest BCUT2D eigenvalue weighted by Gasteiger charge is -2.18. The molecule has 0 bridgehead atoms. The number of benzene rings is 1. The summed E-state index contributed by atoms with van der Waals surface area (Å²) in [5.41, 5.74) is 0.610. The summed E-state index contributed by atoms with van der Waals surface area (Å²) in [6.45, 7) is 0. The monoisotopic (exact) mass is 260 g/mol. The van der Waals surface area contributed by atoms with Crippen LogP contribution in [0.3, 0.4) is 0 Å². The molecule has 0 aliphatic rings. The van der Waals surface area contributed by atoms with E-state index in [9.17, 15) is 9.67 Å². The number of aliphatic hydroxyl groups excluding tert-OH is 1. The predicted octanol–water partition coefficient (Wildman–Crippen LogP) is 2.21. The zero-order valence-electron chi connectivity index (χ0n) is 10.1. The molecule has 96 valence electrons. The van der Waals surface area contributed by atoms with Gasteiger partial charge in [0.1, 0.15) is 5.75 Å². The van der Waals surface area contributed by atoms with Crippen LogP contribution in [0, 0.1) is 0 Å². The Morgan fingerprint density at radius 2 is 1.94 bits per heavy atom. The lowest BCUT2D eigenvalue weighted by molar-refractivity contribution is 0.183. The van der Waals surface area contributed by atoms with Crippen LogP contribution in [-0.4, -0.2) is 32.6 Å². The lowest BCUT2D eigenvalue weighted by Crippen LogP contribution is -2.06. The summed E-state index contributed by atoms with van der Waals surface area (Å²) >= 11 is 0. The first-order valence-corrected chi connectivity index (χ1v) is 6.80. The van der Waals surface area contributed by atoms with Crippen LogP contribution in [0.4, 0.5) is 0 Å². The Hall–Kier alpha value is -0.870. The number of hydrogen-bond acceptors (Lipinski definition) is 5. The summed E-state index contributed by atoms with van der Waals surface area (Å²) in [6, 6.07) is 6.92. The van der Waals surface area contributed by atoms with Gasteiger partial charge < -0.3 is 18.9 Å². The first-order valence-electron chi connectivity index (χ1n) is 5.07. The maximum Gasteiger partial charge on any atom is 0.333 e. The standard InChI is InChI=1S/C11H17O5P/c1-14-10-6-4-5-9(7-10)11(12)8-17(13,15-2)16-3/h4-7,11-12H,8H2,1-3H3. The van der Waals surface area contributed by atoms with Crippen LogP contribution >= 0.6 is 7.60 Å². The third kappa shape index (κ3) is 3.82. The van der Waals surface area contributed by atoms with Gasteiger partial charge in [-0.05, 0) is 17.7 Å². The fraction of sp³-hybridized carbons (Fsp3) is 0.455. The van der Waals surface area contributed by atoms with Crippen LogP contribution in [0.15, 0.2) is 24.3 Å². The molecule has 0 saturated carbocycles. The van der Waals surface area contributed by atoms with Crippen LogP contribution in [-0.2, 0) is 13.6 Å². The molecule has 1 rings (SSSR count). The molecule has 0 amide bonds.